The van der Waals surface area contributed by atoms with Crippen LogP contribution in [0.25, 0.3) is 0 Å². The van der Waals surface area contributed by atoms with Crippen LogP contribution in [0.3, 0.4) is 0 Å². The summed E-state index contributed by atoms with van der Waals surface area (Å²) in [6.45, 7) is 14.0. The molecule has 1 nitrogen and oxygen atoms in total. The van der Waals surface area contributed by atoms with E-state index < -0.39 is 0 Å². The van der Waals surface area contributed by atoms with Crippen molar-refractivity contribution in [2.75, 3.05) is 0 Å². The predicted octanol–water partition coefficient (Wildman–Crippen LogP) is 3.37. The average Bonchev–Trinajstić information content (AvgIpc) is 2.08. The first-order valence-corrected chi connectivity index (χ1v) is 5.27. The number of hydrogen-bond acceptors (Lipinski definition) is 1. The molecule has 1 aliphatic rings. The molecule has 0 aromatic carbocycles. The molecule has 0 amide bonds. The molecule has 0 aromatic heterocycles. The second-order valence-electron chi connectivity index (χ2n) is 4.69. The maximum atomic E-state index is 11.7. The van der Waals surface area contributed by atoms with Gasteiger partial charge in [0.05, 0.1) is 0 Å². The highest BCUT2D eigenvalue weighted by Gasteiger charge is 2.34. The standard InChI is InChI=1S/C13H20O/c1-8(2)11-6-12(9(3)4)10(5)13(14)7-11/h10-12H,1,3,6-7H2,2,4-5H3/t10-,11-,12-/m1/s1. The second-order valence-corrected chi connectivity index (χ2v) is 4.69. The summed E-state index contributed by atoms with van der Waals surface area (Å²) >= 11 is 0. The van der Waals surface area contributed by atoms with Crippen molar-refractivity contribution in [2.45, 2.75) is 33.6 Å². The SMILES string of the molecule is C=C(C)[C@H]1CC(=O)[C@H](C)[C@@H](C(=C)C)C1. The van der Waals surface area contributed by atoms with Crippen molar-refractivity contribution in [1.29, 1.82) is 0 Å². The van der Waals surface area contributed by atoms with E-state index in [9.17, 15) is 4.79 Å². The van der Waals surface area contributed by atoms with E-state index in [-0.39, 0.29) is 5.92 Å². The molecule has 0 aliphatic heterocycles. The molecule has 1 rings (SSSR count). The van der Waals surface area contributed by atoms with Crippen molar-refractivity contribution in [1.82, 2.24) is 0 Å². The summed E-state index contributed by atoms with van der Waals surface area (Å²) in [4.78, 5) is 11.7. The summed E-state index contributed by atoms with van der Waals surface area (Å²) in [5.74, 6) is 1.26. The van der Waals surface area contributed by atoms with Gasteiger partial charge < -0.3 is 0 Å². The first-order valence-electron chi connectivity index (χ1n) is 5.27. The highest BCUT2D eigenvalue weighted by molar-refractivity contribution is 5.82. The van der Waals surface area contributed by atoms with Crippen LogP contribution in [0.15, 0.2) is 24.3 Å². The van der Waals surface area contributed by atoms with Gasteiger partial charge in [0.25, 0.3) is 0 Å². The Morgan fingerprint density at radius 3 is 2.29 bits per heavy atom. The minimum atomic E-state index is 0.156. The third-order valence-corrected chi connectivity index (χ3v) is 3.43. The average molecular weight is 192 g/mol. The highest BCUT2D eigenvalue weighted by atomic mass is 16.1. The Morgan fingerprint density at radius 2 is 1.86 bits per heavy atom. The van der Waals surface area contributed by atoms with Crippen LogP contribution in [-0.2, 0) is 4.79 Å². The van der Waals surface area contributed by atoms with Crippen molar-refractivity contribution >= 4 is 5.78 Å². The number of hydrogen-bond donors (Lipinski definition) is 0. The summed E-state index contributed by atoms with van der Waals surface area (Å²) in [5, 5.41) is 0. The zero-order valence-electron chi connectivity index (χ0n) is 9.47. The first-order chi connectivity index (χ1) is 6.43. The van der Waals surface area contributed by atoms with Crippen LogP contribution in [0.1, 0.15) is 33.6 Å². The Balaban J connectivity index is 2.81. The lowest BCUT2D eigenvalue weighted by Gasteiger charge is -2.34. The van der Waals surface area contributed by atoms with E-state index in [0.29, 0.717) is 24.0 Å². The fourth-order valence-corrected chi connectivity index (χ4v) is 2.25. The smallest absolute Gasteiger partial charge is 0.136 e. The number of rotatable bonds is 2. The van der Waals surface area contributed by atoms with Gasteiger partial charge in [-0.05, 0) is 32.1 Å². The summed E-state index contributed by atoms with van der Waals surface area (Å²) in [5.41, 5.74) is 2.27. The minimum absolute atomic E-state index is 0.156. The van der Waals surface area contributed by atoms with Crippen molar-refractivity contribution in [2.24, 2.45) is 17.8 Å². The molecule has 0 N–H and O–H groups in total. The molecule has 78 valence electrons. The van der Waals surface area contributed by atoms with E-state index in [1.807, 2.05) is 20.8 Å². The van der Waals surface area contributed by atoms with E-state index in [4.69, 9.17) is 0 Å². The quantitative estimate of drug-likeness (QED) is 0.613. The molecule has 0 aromatic rings. The second kappa shape index (κ2) is 4.12. The molecule has 1 fully saturated rings. The molecule has 1 heteroatoms. The van der Waals surface area contributed by atoms with Crippen LogP contribution in [0, 0.1) is 17.8 Å². The molecule has 0 radical (unpaired) electrons. The molecule has 0 spiro atoms. The Labute approximate surface area is 86.9 Å². The van der Waals surface area contributed by atoms with Crippen LogP contribution in [-0.4, -0.2) is 5.78 Å². The highest BCUT2D eigenvalue weighted by Crippen LogP contribution is 2.37. The molecular formula is C13H20O. The number of carbonyl (C=O) groups is 1. The lowest BCUT2D eigenvalue weighted by molar-refractivity contribution is -0.126. The molecule has 3 atom stereocenters. The van der Waals surface area contributed by atoms with E-state index in [1.54, 1.807) is 0 Å². The molecule has 1 aliphatic carbocycles. The van der Waals surface area contributed by atoms with E-state index in [1.165, 1.54) is 0 Å². The first kappa shape index (κ1) is 11.2. The third kappa shape index (κ3) is 2.14. The molecule has 0 bridgehead atoms. The third-order valence-electron chi connectivity index (χ3n) is 3.43. The maximum Gasteiger partial charge on any atom is 0.136 e. The van der Waals surface area contributed by atoms with Gasteiger partial charge in [-0.15, -0.1) is 0 Å². The van der Waals surface area contributed by atoms with Crippen molar-refractivity contribution in [3.63, 3.8) is 0 Å². The summed E-state index contributed by atoms with van der Waals surface area (Å²) in [7, 11) is 0. The zero-order valence-corrected chi connectivity index (χ0v) is 9.47. The van der Waals surface area contributed by atoms with Crippen LogP contribution < -0.4 is 0 Å². The monoisotopic (exact) mass is 192 g/mol. The van der Waals surface area contributed by atoms with Gasteiger partial charge >= 0.3 is 0 Å². The van der Waals surface area contributed by atoms with Crippen molar-refractivity contribution < 1.29 is 4.79 Å². The Morgan fingerprint density at radius 1 is 1.29 bits per heavy atom. The van der Waals surface area contributed by atoms with Gasteiger partial charge in [0.1, 0.15) is 5.78 Å². The lowest BCUT2D eigenvalue weighted by Crippen LogP contribution is -2.32. The van der Waals surface area contributed by atoms with E-state index in [2.05, 4.69) is 13.2 Å². The van der Waals surface area contributed by atoms with Crippen LogP contribution >= 0.6 is 0 Å². The van der Waals surface area contributed by atoms with E-state index >= 15 is 0 Å². The largest absolute Gasteiger partial charge is 0.299 e. The molecular weight excluding hydrogens is 172 g/mol. The normalized spacial score (nSPS) is 32.8. The molecule has 1 saturated carbocycles. The number of allylic oxidation sites excluding steroid dienone is 2. The predicted molar refractivity (Wildman–Crippen MR) is 60.0 cm³/mol. The van der Waals surface area contributed by atoms with Gasteiger partial charge in [0.15, 0.2) is 0 Å². The molecule has 0 heterocycles. The van der Waals surface area contributed by atoms with Gasteiger partial charge in [0, 0.05) is 12.3 Å². The van der Waals surface area contributed by atoms with Crippen LogP contribution in [0.5, 0.6) is 0 Å². The van der Waals surface area contributed by atoms with Crippen molar-refractivity contribution in [3.8, 4) is 0 Å². The molecule has 0 saturated heterocycles. The molecule has 0 unspecified atom stereocenters. The Hall–Kier alpha value is -0.850. The van der Waals surface area contributed by atoms with Gasteiger partial charge in [-0.2, -0.15) is 0 Å². The van der Waals surface area contributed by atoms with Crippen LogP contribution in [0.4, 0.5) is 0 Å². The minimum Gasteiger partial charge on any atom is -0.299 e. The maximum absolute atomic E-state index is 11.7. The summed E-state index contributed by atoms with van der Waals surface area (Å²) < 4.78 is 0. The Bertz CT molecular complexity index is 275. The zero-order chi connectivity index (χ0) is 10.9. The van der Waals surface area contributed by atoms with Gasteiger partial charge in [-0.25, -0.2) is 0 Å². The summed E-state index contributed by atoms with van der Waals surface area (Å²) in [6, 6.07) is 0. The Kier molecular flexibility index (Phi) is 3.30. The van der Waals surface area contributed by atoms with Gasteiger partial charge in [-0.3, -0.25) is 4.79 Å². The fraction of sp³-hybridized carbons (Fsp3) is 0.615. The van der Waals surface area contributed by atoms with Crippen molar-refractivity contribution in [3.05, 3.63) is 24.3 Å². The van der Waals surface area contributed by atoms with Gasteiger partial charge in [0.2, 0.25) is 0 Å². The van der Waals surface area contributed by atoms with Crippen LogP contribution in [0.2, 0.25) is 0 Å². The fourth-order valence-electron chi connectivity index (χ4n) is 2.25. The molecule has 14 heavy (non-hydrogen) atoms. The summed E-state index contributed by atoms with van der Waals surface area (Å²) in [6.07, 6.45) is 1.73. The lowest BCUT2D eigenvalue weighted by atomic mass is 9.70. The number of carbonyl (C=O) groups excluding carboxylic acids is 1. The number of Topliss-reactive ketones (excluding diaryl/α,β-unsaturated/α-hetero) is 1. The topological polar surface area (TPSA) is 17.1 Å². The van der Waals surface area contributed by atoms with Gasteiger partial charge in [-0.1, -0.05) is 31.2 Å². The number of ketones is 1. The van der Waals surface area contributed by atoms with E-state index in [0.717, 1.165) is 17.6 Å².